The number of rotatable bonds is 4. The van der Waals surface area contributed by atoms with Crippen molar-refractivity contribution >= 4 is 0 Å². The summed E-state index contributed by atoms with van der Waals surface area (Å²) in [6, 6.07) is 8.76. The molecule has 1 fully saturated rings. The summed E-state index contributed by atoms with van der Waals surface area (Å²) in [6.45, 7) is 7.88. The number of aryl methyl sites for hydroxylation is 1. The highest BCUT2D eigenvalue weighted by Gasteiger charge is 2.20. The summed E-state index contributed by atoms with van der Waals surface area (Å²) >= 11 is 0. The van der Waals surface area contributed by atoms with Gasteiger partial charge < -0.3 is 10.6 Å². The monoisotopic (exact) mass is 246 g/mol. The molecule has 100 valence electrons. The lowest BCUT2D eigenvalue weighted by Gasteiger charge is -2.34. The molecule has 2 N–H and O–H groups in total. The Morgan fingerprint density at radius 3 is 3.00 bits per heavy atom. The summed E-state index contributed by atoms with van der Waals surface area (Å²) in [6.07, 6.45) is 4.03. The Kier molecular flexibility index (Phi) is 4.79. The fourth-order valence-electron chi connectivity index (χ4n) is 2.93. The van der Waals surface area contributed by atoms with Crippen molar-refractivity contribution in [1.82, 2.24) is 4.90 Å². The lowest BCUT2D eigenvalue weighted by molar-refractivity contribution is 0.163. The van der Waals surface area contributed by atoms with Crippen molar-refractivity contribution in [3.63, 3.8) is 0 Å². The number of likely N-dealkylation sites (tertiary alicyclic amines) is 1. The predicted octanol–water partition coefficient (Wildman–Crippen LogP) is 3.12. The maximum atomic E-state index is 6.34. The molecule has 0 aromatic heterocycles. The van der Waals surface area contributed by atoms with E-state index >= 15 is 0 Å². The predicted molar refractivity (Wildman–Crippen MR) is 77.6 cm³/mol. The van der Waals surface area contributed by atoms with Crippen LogP contribution in [0.15, 0.2) is 24.3 Å². The van der Waals surface area contributed by atoms with E-state index in [1.54, 1.807) is 0 Å². The zero-order chi connectivity index (χ0) is 13.0. The Morgan fingerprint density at radius 1 is 1.44 bits per heavy atom. The molecular formula is C16H26N2. The molecule has 18 heavy (non-hydrogen) atoms. The topological polar surface area (TPSA) is 29.3 Å². The van der Waals surface area contributed by atoms with Crippen molar-refractivity contribution in [3.05, 3.63) is 35.4 Å². The average molecular weight is 246 g/mol. The molecule has 2 rings (SSSR count). The summed E-state index contributed by atoms with van der Waals surface area (Å²) in [5.41, 5.74) is 8.91. The molecule has 2 nitrogen and oxygen atoms in total. The van der Waals surface area contributed by atoms with Crippen molar-refractivity contribution in [3.8, 4) is 0 Å². The molecule has 0 radical (unpaired) electrons. The molecule has 2 heteroatoms. The Morgan fingerprint density at radius 2 is 2.28 bits per heavy atom. The number of hydrogen-bond acceptors (Lipinski definition) is 2. The van der Waals surface area contributed by atoms with Gasteiger partial charge in [0.25, 0.3) is 0 Å². The highest BCUT2D eigenvalue weighted by Crippen LogP contribution is 2.21. The molecule has 1 aliphatic heterocycles. The molecular weight excluding hydrogens is 220 g/mol. The van der Waals surface area contributed by atoms with E-state index in [-0.39, 0.29) is 6.04 Å². The molecule has 1 saturated heterocycles. The lowest BCUT2D eigenvalue weighted by Crippen LogP contribution is -2.39. The van der Waals surface area contributed by atoms with Crippen LogP contribution in [0.1, 0.15) is 43.4 Å². The van der Waals surface area contributed by atoms with E-state index in [0.29, 0.717) is 0 Å². The van der Waals surface area contributed by atoms with Gasteiger partial charge in [0.15, 0.2) is 0 Å². The van der Waals surface area contributed by atoms with Crippen LogP contribution in [0.3, 0.4) is 0 Å². The second-order valence-electron chi connectivity index (χ2n) is 5.70. The lowest BCUT2D eigenvalue weighted by atomic mass is 9.95. The highest BCUT2D eigenvalue weighted by atomic mass is 15.1. The van der Waals surface area contributed by atoms with E-state index in [1.165, 1.54) is 43.5 Å². The van der Waals surface area contributed by atoms with Gasteiger partial charge in [-0.25, -0.2) is 0 Å². The first kappa shape index (κ1) is 13.6. The normalized spacial score (nSPS) is 22.9. The van der Waals surface area contributed by atoms with Crippen molar-refractivity contribution in [2.45, 2.75) is 39.2 Å². The molecule has 0 spiro atoms. The number of nitrogens with two attached hydrogens (primary N) is 1. The molecule has 1 aliphatic rings. The zero-order valence-electron chi connectivity index (χ0n) is 11.7. The molecule has 1 aromatic rings. The van der Waals surface area contributed by atoms with E-state index in [9.17, 15) is 0 Å². The van der Waals surface area contributed by atoms with Gasteiger partial charge in [0.1, 0.15) is 0 Å². The van der Waals surface area contributed by atoms with Crippen LogP contribution >= 0.6 is 0 Å². The Bertz CT molecular complexity index is 375. The van der Waals surface area contributed by atoms with Gasteiger partial charge in [-0.15, -0.1) is 0 Å². The fourth-order valence-corrected chi connectivity index (χ4v) is 2.93. The van der Waals surface area contributed by atoms with Gasteiger partial charge in [-0.3, -0.25) is 0 Å². The van der Waals surface area contributed by atoms with E-state index < -0.39 is 0 Å². The summed E-state index contributed by atoms with van der Waals surface area (Å²) in [5.74, 6) is 0.878. The molecule has 2 atom stereocenters. The summed E-state index contributed by atoms with van der Waals surface area (Å²) < 4.78 is 0. The van der Waals surface area contributed by atoms with Crippen LogP contribution in [0.25, 0.3) is 0 Å². The van der Waals surface area contributed by atoms with Crippen molar-refractivity contribution in [1.29, 1.82) is 0 Å². The minimum atomic E-state index is 0.153. The average Bonchev–Trinajstić information content (AvgIpc) is 2.39. The maximum Gasteiger partial charge on any atom is 0.0424 e. The van der Waals surface area contributed by atoms with Gasteiger partial charge in [0, 0.05) is 19.1 Å². The first-order valence-corrected chi connectivity index (χ1v) is 7.23. The van der Waals surface area contributed by atoms with Gasteiger partial charge in [0.05, 0.1) is 0 Å². The quantitative estimate of drug-likeness (QED) is 0.884. The van der Waals surface area contributed by atoms with Crippen molar-refractivity contribution in [2.24, 2.45) is 11.7 Å². The summed E-state index contributed by atoms with van der Waals surface area (Å²) in [4.78, 5) is 2.55. The highest BCUT2D eigenvalue weighted by molar-refractivity contribution is 5.25. The molecule has 0 aliphatic carbocycles. The first-order chi connectivity index (χ1) is 8.69. The van der Waals surface area contributed by atoms with Crippen molar-refractivity contribution in [2.75, 3.05) is 19.6 Å². The Labute approximate surface area is 111 Å². The largest absolute Gasteiger partial charge is 0.323 e. The standard InChI is InChI=1S/C16H26N2/c1-3-14-7-5-9-18(11-14)12-16(17)15-8-4-6-13(2)10-15/h4,6,8,10,14,16H,3,5,7,9,11-12,17H2,1-2H3. The van der Waals surface area contributed by atoms with Crippen LogP contribution in [0, 0.1) is 12.8 Å². The Hall–Kier alpha value is -0.860. The fraction of sp³-hybridized carbons (Fsp3) is 0.625. The number of hydrogen-bond donors (Lipinski definition) is 1. The third-order valence-electron chi connectivity index (χ3n) is 4.11. The number of piperidine rings is 1. The van der Waals surface area contributed by atoms with Gasteiger partial charge in [-0.2, -0.15) is 0 Å². The van der Waals surface area contributed by atoms with Gasteiger partial charge >= 0.3 is 0 Å². The van der Waals surface area contributed by atoms with Crippen LogP contribution in [0.2, 0.25) is 0 Å². The smallest absolute Gasteiger partial charge is 0.0424 e. The third kappa shape index (κ3) is 3.56. The minimum Gasteiger partial charge on any atom is -0.323 e. The van der Waals surface area contributed by atoms with Crippen LogP contribution in [-0.2, 0) is 0 Å². The summed E-state index contributed by atoms with van der Waals surface area (Å²) in [5, 5.41) is 0. The number of benzene rings is 1. The SMILES string of the molecule is CCC1CCCN(CC(N)c2cccc(C)c2)C1. The number of nitrogens with zero attached hydrogens (tertiary/aromatic N) is 1. The summed E-state index contributed by atoms with van der Waals surface area (Å²) in [7, 11) is 0. The van der Waals surface area contributed by atoms with Crippen LogP contribution < -0.4 is 5.73 Å². The molecule has 0 amide bonds. The second-order valence-corrected chi connectivity index (χ2v) is 5.70. The second kappa shape index (κ2) is 6.35. The van der Waals surface area contributed by atoms with E-state index in [0.717, 1.165) is 12.5 Å². The van der Waals surface area contributed by atoms with Crippen LogP contribution in [0.4, 0.5) is 0 Å². The van der Waals surface area contributed by atoms with E-state index in [4.69, 9.17) is 5.73 Å². The molecule has 2 unspecified atom stereocenters. The van der Waals surface area contributed by atoms with Crippen LogP contribution in [-0.4, -0.2) is 24.5 Å². The van der Waals surface area contributed by atoms with Gasteiger partial charge in [-0.1, -0.05) is 43.2 Å². The van der Waals surface area contributed by atoms with E-state index in [1.807, 2.05) is 0 Å². The third-order valence-corrected chi connectivity index (χ3v) is 4.11. The molecule has 1 aromatic carbocycles. The molecule has 1 heterocycles. The van der Waals surface area contributed by atoms with Crippen LogP contribution in [0.5, 0.6) is 0 Å². The molecule has 0 bridgehead atoms. The minimum absolute atomic E-state index is 0.153. The van der Waals surface area contributed by atoms with E-state index in [2.05, 4.69) is 43.0 Å². The zero-order valence-corrected chi connectivity index (χ0v) is 11.7. The van der Waals surface area contributed by atoms with Crippen molar-refractivity contribution < 1.29 is 0 Å². The Balaban J connectivity index is 1.92. The van der Waals surface area contributed by atoms with Gasteiger partial charge in [0.2, 0.25) is 0 Å². The molecule has 0 saturated carbocycles. The van der Waals surface area contributed by atoms with Gasteiger partial charge in [-0.05, 0) is 37.8 Å². The maximum absolute atomic E-state index is 6.34. The first-order valence-electron chi connectivity index (χ1n) is 7.23.